The maximum absolute atomic E-state index is 13.6. The highest BCUT2D eigenvalue weighted by Gasteiger charge is 2.31. The molecule has 0 radical (unpaired) electrons. The van der Waals surface area contributed by atoms with Gasteiger partial charge in [-0.3, -0.25) is 4.79 Å². The van der Waals surface area contributed by atoms with E-state index in [0.717, 1.165) is 17.7 Å². The predicted octanol–water partition coefficient (Wildman–Crippen LogP) is 4.74. The number of alkyl halides is 3. The summed E-state index contributed by atoms with van der Waals surface area (Å²) in [4.78, 5) is 21.3. The van der Waals surface area contributed by atoms with Gasteiger partial charge in [-0.05, 0) is 55.0 Å². The van der Waals surface area contributed by atoms with Crippen molar-refractivity contribution in [2.45, 2.75) is 13.1 Å². The second-order valence-corrected chi connectivity index (χ2v) is 8.68. The fraction of sp³-hybridized carbons (Fsp3) is 0.0769. The minimum Gasteiger partial charge on any atom is -0.322 e. The SMILES string of the molecule is Cc1ccc(C(=O)Nc2cc(-n3ccnc3)cc(C(F)(F)F)c2)cc1-n1cc(-c2cnc3cccnn23)nn1. The number of aromatic nitrogens is 8. The summed E-state index contributed by atoms with van der Waals surface area (Å²) in [5.41, 5.74) is 2.72. The number of aryl methyl sites for hydroxylation is 1. The molecule has 4 aromatic heterocycles. The van der Waals surface area contributed by atoms with Crippen LogP contribution in [-0.2, 0) is 6.18 Å². The minimum absolute atomic E-state index is 0.0104. The van der Waals surface area contributed by atoms with E-state index in [1.54, 1.807) is 47.4 Å². The van der Waals surface area contributed by atoms with E-state index in [1.807, 2.05) is 13.0 Å². The van der Waals surface area contributed by atoms with Gasteiger partial charge in [0.05, 0.1) is 30.0 Å². The average Bonchev–Trinajstić information content (AvgIpc) is 3.69. The van der Waals surface area contributed by atoms with Crippen LogP contribution in [0.4, 0.5) is 18.9 Å². The molecule has 0 bridgehead atoms. The molecule has 10 nitrogen and oxygen atoms in total. The number of benzene rings is 2. The normalized spacial score (nSPS) is 11.7. The summed E-state index contributed by atoms with van der Waals surface area (Å²) in [6.45, 7) is 1.85. The zero-order chi connectivity index (χ0) is 27.1. The first-order valence-corrected chi connectivity index (χ1v) is 11.6. The van der Waals surface area contributed by atoms with Crippen molar-refractivity contribution in [3.8, 4) is 22.8 Å². The number of anilines is 1. The molecule has 2 aromatic carbocycles. The van der Waals surface area contributed by atoms with E-state index >= 15 is 0 Å². The number of nitrogens with one attached hydrogen (secondary N) is 1. The highest BCUT2D eigenvalue weighted by molar-refractivity contribution is 6.04. The number of rotatable bonds is 5. The molecule has 0 fully saturated rings. The smallest absolute Gasteiger partial charge is 0.322 e. The number of halogens is 3. The van der Waals surface area contributed by atoms with Crippen molar-refractivity contribution in [3.05, 3.63) is 103 Å². The lowest BCUT2D eigenvalue weighted by atomic mass is 10.1. The number of fused-ring (bicyclic) bond motifs is 1. The number of hydrogen-bond donors (Lipinski definition) is 1. The molecule has 0 unspecified atom stereocenters. The third kappa shape index (κ3) is 4.61. The number of nitrogens with zero attached hydrogens (tertiary/aromatic N) is 8. The first kappa shape index (κ1) is 24.0. The topological polar surface area (TPSA) is 108 Å². The molecule has 13 heteroatoms. The van der Waals surface area contributed by atoms with Gasteiger partial charge in [-0.1, -0.05) is 11.3 Å². The molecule has 0 spiro atoms. The van der Waals surface area contributed by atoms with Gasteiger partial charge in [0.25, 0.3) is 5.91 Å². The van der Waals surface area contributed by atoms with Gasteiger partial charge < -0.3 is 9.88 Å². The van der Waals surface area contributed by atoms with Crippen molar-refractivity contribution in [2.24, 2.45) is 0 Å². The second kappa shape index (κ2) is 9.20. The zero-order valence-corrected chi connectivity index (χ0v) is 20.2. The van der Waals surface area contributed by atoms with Crippen molar-refractivity contribution < 1.29 is 18.0 Å². The van der Waals surface area contributed by atoms with E-state index in [9.17, 15) is 18.0 Å². The van der Waals surface area contributed by atoms with E-state index in [1.165, 1.54) is 34.0 Å². The van der Waals surface area contributed by atoms with Crippen LogP contribution in [0.5, 0.6) is 0 Å². The lowest BCUT2D eigenvalue weighted by molar-refractivity contribution is -0.137. The first-order chi connectivity index (χ1) is 18.8. The van der Waals surface area contributed by atoms with Crippen molar-refractivity contribution in [1.82, 2.24) is 39.1 Å². The molecular formula is C26H18F3N9O. The summed E-state index contributed by atoms with van der Waals surface area (Å²) >= 11 is 0. The van der Waals surface area contributed by atoms with Crippen molar-refractivity contribution >= 4 is 17.2 Å². The Labute approximate surface area is 218 Å². The summed E-state index contributed by atoms with van der Waals surface area (Å²) in [5.74, 6) is -0.585. The van der Waals surface area contributed by atoms with E-state index in [4.69, 9.17) is 0 Å². The number of carbonyl (C=O) groups excluding carboxylic acids is 1. The Hall–Kier alpha value is -5.33. The molecule has 4 heterocycles. The van der Waals surface area contributed by atoms with Crippen LogP contribution in [0, 0.1) is 6.92 Å². The minimum atomic E-state index is -4.60. The molecule has 0 aliphatic carbocycles. The fourth-order valence-electron chi connectivity index (χ4n) is 4.11. The van der Waals surface area contributed by atoms with Crippen molar-refractivity contribution in [3.63, 3.8) is 0 Å². The van der Waals surface area contributed by atoms with Gasteiger partial charge in [0, 0.05) is 35.5 Å². The maximum atomic E-state index is 13.6. The summed E-state index contributed by atoms with van der Waals surface area (Å²) < 4.78 is 45.3. The summed E-state index contributed by atoms with van der Waals surface area (Å²) in [7, 11) is 0. The highest BCUT2D eigenvalue weighted by atomic mass is 19.4. The Morgan fingerprint density at radius 2 is 1.92 bits per heavy atom. The van der Waals surface area contributed by atoms with Crippen LogP contribution in [-0.4, -0.2) is 45.1 Å². The third-order valence-corrected chi connectivity index (χ3v) is 6.06. The van der Waals surface area contributed by atoms with Gasteiger partial charge in [0.15, 0.2) is 5.65 Å². The van der Waals surface area contributed by atoms with Gasteiger partial charge in [-0.2, -0.15) is 18.3 Å². The standard InChI is InChI=1S/C26H18F3N9O/c1-16-4-5-17(9-22(16)37-14-21(34-35-37)23-13-31-24-3-2-6-32-38(23)24)25(39)33-19-10-18(26(27,28)29)11-20(12-19)36-8-7-30-15-36/h2-15H,1H3,(H,33,39). The summed E-state index contributed by atoms with van der Waals surface area (Å²) in [6, 6.07) is 11.8. The summed E-state index contributed by atoms with van der Waals surface area (Å²) in [6.07, 6.45) is 4.71. The summed E-state index contributed by atoms with van der Waals surface area (Å²) in [5, 5.41) is 15.3. The first-order valence-electron chi connectivity index (χ1n) is 11.6. The Balaban J connectivity index is 1.31. The highest BCUT2D eigenvalue weighted by Crippen LogP contribution is 2.33. The molecule has 0 aliphatic heterocycles. The number of amides is 1. The number of imidazole rings is 2. The molecular weight excluding hydrogens is 511 g/mol. The third-order valence-electron chi connectivity index (χ3n) is 6.06. The molecule has 1 N–H and O–H groups in total. The molecule has 0 saturated carbocycles. The van der Waals surface area contributed by atoms with Crippen LogP contribution in [0.1, 0.15) is 21.5 Å². The van der Waals surface area contributed by atoms with Crippen LogP contribution in [0.3, 0.4) is 0 Å². The zero-order valence-electron chi connectivity index (χ0n) is 20.2. The average molecular weight is 529 g/mol. The van der Waals surface area contributed by atoms with Crippen molar-refractivity contribution in [1.29, 1.82) is 0 Å². The van der Waals surface area contributed by atoms with E-state index in [2.05, 4.69) is 30.7 Å². The van der Waals surface area contributed by atoms with Crippen LogP contribution in [0.15, 0.2) is 85.8 Å². The Morgan fingerprint density at radius 1 is 1.05 bits per heavy atom. The monoisotopic (exact) mass is 529 g/mol. The fourth-order valence-corrected chi connectivity index (χ4v) is 4.11. The van der Waals surface area contributed by atoms with Gasteiger partial charge in [0.1, 0.15) is 11.4 Å². The maximum Gasteiger partial charge on any atom is 0.416 e. The van der Waals surface area contributed by atoms with Crippen molar-refractivity contribution in [2.75, 3.05) is 5.32 Å². The second-order valence-electron chi connectivity index (χ2n) is 8.68. The number of carbonyl (C=O) groups is 1. The molecule has 0 aliphatic rings. The van der Waals surface area contributed by atoms with Gasteiger partial charge in [0.2, 0.25) is 0 Å². The van der Waals surface area contributed by atoms with Gasteiger partial charge in [-0.15, -0.1) is 5.10 Å². The van der Waals surface area contributed by atoms with E-state index < -0.39 is 17.6 Å². The van der Waals surface area contributed by atoms with Gasteiger partial charge in [-0.25, -0.2) is 19.2 Å². The molecule has 0 saturated heterocycles. The Bertz CT molecular complexity index is 1820. The Kier molecular flexibility index (Phi) is 5.67. The van der Waals surface area contributed by atoms with Crippen LogP contribution in [0.25, 0.3) is 28.4 Å². The molecule has 6 aromatic rings. The van der Waals surface area contributed by atoms with Crippen LogP contribution < -0.4 is 5.32 Å². The van der Waals surface area contributed by atoms with Crippen LogP contribution in [0.2, 0.25) is 0 Å². The lowest BCUT2D eigenvalue weighted by Gasteiger charge is -2.14. The quantitative estimate of drug-likeness (QED) is 0.346. The largest absolute Gasteiger partial charge is 0.416 e. The van der Waals surface area contributed by atoms with Gasteiger partial charge >= 0.3 is 6.18 Å². The van der Waals surface area contributed by atoms with Crippen LogP contribution >= 0.6 is 0 Å². The molecule has 39 heavy (non-hydrogen) atoms. The Morgan fingerprint density at radius 3 is 2.72 bits per heavy atom. The van der Waals surface area contributed by atoms with E-state index in [0.29, 0.717) is 22.7 Å². The molecule has 1 amide bonds. The molecule has 194 valence electrons. The number of hydrogen-bond acceptors (Lipinski definition) is 6. The predicted molar refractivity (Wildman–Crippen MR) is 135 cm³/mol. The lowest BCUT2D eigenvalue weighted by Crippen LogP contribution is -2.15. The molecule has 0 atom stereocenters. The molecule has 6 rings (SSSR count). The van der Waals surface area contributed by atoms with E-state index in [-0.39, 0.29) is 16.9 Å².